The summed E-state index contributed by atoms with van der Waals surface area (Å²) in [6, 6.07) is 17.4. The van der Waals surface area contributed by atoms with Gasteiger partial charge in [0.15, 0.2) is 0 Å². The maximum atomic E-state index is 11.7. The van der Waals surface area contributed by atoms with Crippen LogP contribution < -0.4 is 10.6 Å². The second kappa shape index (κ2) is 6.31. The second-order valence-electron chi connectivity index (χ2n) is 5.70. The van der Waals surface area contributed by atoms with Crippen LogP contribution in [0.4, 0.5) is 21.9 Å². The smallest absolute Gasteiger partial charge is 0.412 e. The van der Waals surface area contributed by atoms with E-state index in [1.165, 1.54) is 0 Å². The summed E-state index contributed by atoms with van der Waals surface area (Å²) in [5.41, 5.74) is 2.17. The maximum absolute atomic E-state index is 11.7. The van der Waals surface area contributed by atoms with Crippen LogP contribution in [0.2, 0.25) is 0 Å². The minimum Gasteiger partial charge on any atom is -0.444 e. The molecule has 0 aromatic heterocycles. The molecule has 4 nitrogen and oxygen atoms in total. The molecule has 0 heterocycles. The van der Waals surface area contributed by atoms with E-state index in [-0.39, 0.29) is 0 Å². The third kappa shape index (κ3) is 5.18. The van der Waals surface area contributed by atoms with Crippen LogP contribution >= 0.6 is 0 Å². The summed E-state index contributed by atoms with van der Waals surface area (Å²) < 4.78 is 5.20. The predicted octanol–water partition coefficient (Wildman–Crippen LogP) is 4.78. The number of ether oxygens (including phenoxy) is 1. The molecule has 21 heavy (non-hydrogen) atoms. The Kier molecular flexibility index (Phi) is 4.48. The van der Waals surface area contributed by atoms with Gasteiger partial charge in [-0.2, -0.15) is 0 Å². The van der Waals surface area contributed by atoms with E-state index >= 15 is 0 Å². The fraction of sp³-hybridized carbons (Fsp3) is 0.235. The molecule has 0 bridgehead atoms. The normalized spacial score (nSPS) is 10.8. The van der Waals surface area contributed by atoms with Gasteiger partial charge in [-0.25, -0.2) is 4.79 Å². The van der Waals surface area contributed by atoms with Gasteiger partial charge in [0.2, 0.25) is 0 Å². The van der Waals surface area contributed by atoms with E-state index in [9.17, 15) is 4.79 Å². The molecule has 4 heteroatoms. The first-order valence-electron chi connectivity index (χ1n) is 6.84. The molecule has 0 fully saturated rings. The fourth-order valence-corrected chi connectivity index (χ4v) is 1.75. The SMILES string of the molecule is CC(C)(C)OC(=O)Nc1ccc(Nc2ccccc2)cc1. The molecule has 2 aromatic rings. The van der Waals surface area contributed by atoms with Gasteiger partial charge < -0.3 is 10.1 Å². The molecule has 110 valence electrons. The van der Waals surface area contributed by atoms with Crippen molar-refractivity contribution in [1.82, 2.24) is 0 Å². The van der Waals surface area contributed by atoms with Gasteiger partial charge in [0, 0.05) is 17.1 Å². The van der Waals surface area contributed by atoms with Gasteiger partial charge in [-0.3, -0.25) is 5.32 Å². The second-order valence-corrected chi connectivity index (χ2v) is 5.70. The molecular formula is C17H20N2O2. The number of hydrogen-bond donors (Lipinski definition) is 2. The molecule has 0 aliphatic carbocycles. The Morgan fingerprint density at radius 3 is 1.95 bits per heavy atom. The van der Waals surface area contributed by atoms with Gasteiger partial charge in [-0.05, 0) is 57.2 Å². The molecule has 0 aliphatic rings. The Labute approximate surface area is 125 Å². The summed E-state index contributed by atoms with van der Waals surface area (Å²) >= 11 is 0. The van der Waals surface area contributed by atoms with E-state index in [4.69, 9.17) is 4.74 Å². The van der Waals surface area contributed by atoms with Crippen molar-refractivity contribution in [2.24, 2.45) is 0 Å². The predicted molar refractivity (Wildman–Crippen MR) is 86.0 cm³/mol. The van der Waals surface area contributed by atoms with Crippen LogP contribution in [0.3, 0.4) is 0 Å². The van der Waals surface area contributed by atoms with Crippen LogP contribution in [-0.2, 0) is 4.74 Å². The molecule has 2 aromatic carbocycles. The molecular weight excluding hydrogens is 264 g/mol. The van der Waals surface area contributed by atoms with E-state index in [2.05, 4.69) is 10.6 Å². The molecule has 0 unspecified atom stereocenters. The van der Waals surface area contributed by atoms with Crippen molar-refractivity contribution >= 4 is 23.2 Å². The van der Waals surface area contributed by atoms with Gasteiger partial charge in [0.1, 0.15) is 5.60 Å². The highest BCUT2D eigenvalue weighted by molar-refractivity contribution is 5.85. The van der Waals surface area contributed by atoms with Crippen molar-refractivity contribution < 1.29 is 9.53 Å². The van der Waals surface area contributed by atoms with Crippen molar-refractivity contribution in [2.45, 2.75) is 26.4 Å². The lowest BCUT2D eigenvalue weighted by Crippen LogP contribution is -2.27. The molecule has 0 saturated carbocycles. The standard InChI is InChI=1S/C17H20N2O2/c1-17(2,3)21-16(20)19-15-11-9-14(10-12-15)18-13-7-5-4-6-8-13/h4-12,18H,1-3H3,(H,19,20). The summed E-state index contributed by atoms with van der Waals surface area (Å²) in [6.07, 6.45) is -0.453. The van der Waals surface area contributed by atoms with Crippen LogP contribution in [0.1, 0.15) is 20.8 Å². The maximum Gasteiger partial charge on any atom is 0.412 e. The van der Waals surface area contributed by atoms with E-state index < -0.39 is 11.7 Å². The van der Waals surface area contributed by atoms with Crippen molar-refractivity contribution in [3.8, 4) is 0 Å². The highest BCUT2D eigenvalue weighted by Crippen LogP contribution is 2.19. The number of amides is 1. The molecule has 2 rings (SSSR count). The Hall–Kier alpha value is -2.49. The summed E-state index contributed by atoms with van der Waals surface area (Å²) in [4.78, 5) is 11.7. The molecule has 0 atom stereocenters. The third-order valence-electron chi connectivity index (χ3n) is 2.59. The Bertz CT molecular complexity index is 586. The summed E-state index contributed by atoms with van der Waals surface area (Å²) in [6.45, 7) is 5.50. The zero-order valence-electron chi connectivity index (χ0n) is 12.5. The first-order valence-corrected chi connectivity index (χ1v) is 6.84. The van der Waals surface area contributed by atoms with Crippen LogP contribution in [-0.4, -0.2) is 11.7 Å². The van der Waals surface area contributed by atoms with Crippen LogP contribution in [0.25, 0.3) is 0 Å². The van der Waals surface area contributed by atoms with E-state index in [1.54, 1.807) is 0 Å². The van der Waals surface area contributed by atoms with Crippen molar-refractivity contribution in [2.75, 3.05) is 10.6 Å². The first kappa shape index (κ1) is 14.9. The lowest BCUT2D eigenvalue weighted by molar-refractivity contribution is 0.0636. The lowest BCUT2D eigenvalue weighted by atomic mass is 10.2. The van der Waals surface area contributed by atoms with E-state index in [0.29, 0.717) is 5.69 Å². The number of nitrogens with one attached hydrogen (secondary N) is 2. The topological polar surface area (TPSA) is 50.4 Å². The lowest BCUT2D eigenvalue weighted by Gasteiger charge is -2.19. The quantitative estimate of drug-likeness (QED) is 0.853. The van der Waals surface area contributed by atoms with Crippen molar-refractivity contribution in [3.63, 3.8) is 0 Å². The molecule has 2 N–H and O–H groups in total. The third-order valence-corrected chi connectivity index (χ3v) is 2.59. The summed E-state index contributed by atoms with van der Waals surface area (Å²) in [7, 11) is 0. The van der Waals surface area contributed by atoms with Gasteiger partial charge in [0.05, 0.1) is 0 Å². The molecule has 0 radical (unpaired) electrons. The fourth-order valence-electron chi connectivity index (χ4n) is 1.75. The zero-order valence-corrected chi connectivity index (χ0v) is 12.5. The Balaban J connectivity index is 1.95. The van der Waals surface area contributed by atoms with Gasteiger partial charge >= 0.3 is 6.09 Å². The average Bonchev–Trinajstić information content (AvgIpc) is 2.40. The minimum absolute atomic E-state index is 0.453. The number of rotatable bonds is 3. The molecule has 0 saturated heterocycles. The van der Waals surface area contributed by atoms with Crippen molar-refractivity contribution in [3.05, 3.63) is 54.6 Å². The zero-order chi connectivity index (χ0) is 15.3. The van der Waals surface area contributed by atoms with Gasteiger partial charge in [0.25, 0.3) is 0 Å². The van der Waals surface area contributed by atoms with Gasteiger partial charge in [-0.15, -0.1) is 0 Å². The summed E-state index contributed by atoms with van der Waals surface area (Å²) in [5.74, 6) is 0. The monoisotopic (exact) mass is 284 g/mol. The number of hydrogen-bond acceptors (Lipinski definition) is 3. The first-order chi connectivity index (χ1) is 9.92. The highest BCUT2D eigenvalue weighted by Gasteiger charge is 2.15. The molecule has 0 spiro atoms. The summed E-state index contributed by atoms with van der Waals surface area (Å²) in [5, 5.41) is 5.98. The number of carbonyl (C=O) groups excluding carboxylic acids is 1. The highest BCUT2D eigenvalue weighted by atomic mass is 16.6. The van der Waals surface area contributed by atoms with E-state index in [0.717, 1.165) is 11.4 Å². The molecule has 0 aliphatic heterocycles. The van der Waals surface area contributed by atoms with Gasteiger partial charge in [-0.1, -0.05) is 18.2 Å². The average molecular weight is 284 g/mol. The Morgan fingerprint density at radius 1 is 0.857 bits per heavy atom. The van der Waals surface area contributed by atoms with Crippen LogP contribution in [0.5, 0.6) is 0 Å². The number of carbonyl (C=O) groups is 1. The number of para-hydroxylation sites is 1. The van der Waals surface area contributed by atoms with Crippen LogP contribution in [0, 0.1) is 0 Å². The number of anilines is 3. The number of benzene rings is 2. The van der Waals surface area contributed by atoms with E-state index in [1.807, 2.05) is 75.4 Å². The van der Waals surface area contributed by atoms with Crippen LogP contribution in [0.15, 0.2) is 54.6 Å². The molecule has 1 amide bonds. The largest absolute Gasteiger partial charge is 0.444 e. The van der Waals surface area contributed by atoms with Crippen molar-refractivity contribution in [1.29, 1.82) is 0 Å². The Morgan fingerprint density at radius 2 is 1.38 bits per heavy atom. The minimum atomic E-state index is -0.501.